The van der Waals surface area contributed by atoms with Crippen molar-refractivity contribution in [2.45, 2.75) is 27.7 Å². The molecule has 0 aliphatic carbocycles. The molecule has 0 bridgehead atoms. The topological polar surface area (TPSA) is 4.93 Å². The zero-order valence-corrected chi connectivity index (χ0v) is 13.5. The fraction of sp³-hybridized carbons (Fsp3) is 0.263. The molecule has 2 aromatic rings. The Bertz CT molecular complexity index is 571. The van der Waals surface area contributed by atoms with E-state index in [9.17, 15) is 0 Å². The number of nitrogens with zero attached hydrogens (tertiary/aromatic N) is 1. The lowest BCUT2D eigenvalue weighted by Gasteiger charge is -1.99. The molecule has 1 nitrogen and oxygen atoms in total. The van der Waals surface area contributed by atoms with Gasteiger partial charge in [-0.05, 0) is 12.1 Å². The summed E-state index contributed by atoms with van der Waals surface area (Å²) < 4.78 is 2.17. The molecule has 0 atom stereocenters. The van der Waals surface area contributed by atoms with E-state index in [2.05, 4.69) is 55.1 Å². The van der Waals surface area contributed by atoms with E-state index in [0.29, 0.717) is 0 Å². The van der Waals surface area contributed by atoms with Crippen LogP contribution in [0.15, 0.2) is 49.6 Å². The smallest absolute Gasteiger partial charge is 0.0488 e. The molecule has 0 radical (unpaired) electrons. The van der Waals surface area contributed by atoms with Gasteiger partial charge in [-0.25, -0.2) is 0 Å². The van der Waals surface area contributed by atoms with Crippen LogP contribution in [0.4, 0.5) is 0 Å². The molecular weight excluding hydrogens is 242 g/mol. The number of para-hydroxylation sites is 1. The first kappa shape index (κ1) is 18.0. The van der Waals surface area contributed by atoms with Crippen LogP contribution in [0.3, 0.4) is 0 Å². The molecule has 0 aliphatic heterocycles. The Morgan fingerprint density at radius 3 is 2.15 bits per heavy atom. The van der Waals surface area contributed by atoms with Gasteiger partial charge in [0.15, 0.2) is 0 Å². The Morgan fingerprint density at radius 2 is 1.60 bits per heavy atom. The van der Waals surface area contributed by atoms with Gasteiger partial charge in [-0.15, -0.1) is 0 Å². The maximum Gasteiger partial charge on any atom is 0.0488 e. The standard InChI is InChI=1S/C15H15N.2C2H6/c1-4-6-10-14-12(5-2)13-9-7-8-11-15(13)16(14)3;2*1-2/h4-11H,1-2H2,3H3;2*1-2H3/b10-6-;;. The third kappa shape index (κ3) is 3.74. The van der Waals surface area contributed by atoms with Crippen LogP contribution in [0, 0.1) is 0 Å². The van der Waals surface area contributed by atoms with Gasteiger partial charge < -0.3 is 4.57 Å². The number of aromatic nitrogens is 1. The summed E-state index contributed by atoms with van der Waals surface area (Å²) in [6.07, 6.45) is 7.70. The fourth-order valence-electron chi connectivity index (χ4n) is 2.02. The number of rotatable bonds is 3. The van der Waals surface area contributed by atoms with Crippen LogP contribution in [0.5, 0.6) is 0 Å². The Hall–Kier alpha value is -2.02. The van der Waals surface area contributed by atoms with Crippen molar-refractivity contribution in [2.24, 2.45) is 7.05 Å². The number of allylic oxidation sites excluding steroid dienone is 2. The first-order valence-electron chi connectivity index (χ1n) is 7.28. The minimum Gasteiger partial charge on any atom is -0.344 e. The molecule has 1 heteroatoms. The number of benzene rings is 1. The van der Waals surface area contributed by atoms with Gasteiger partial charge in [0.1, 0.15) is 0 Å². The maximum absolute atomic E-state index is 3.89. The third-order valence-corrected chi connectivity index (χ3v) is 2.79. The van der Waals surface area contributed by atoms with Crippen molar-refractivity contribution in [1.82, 2.24) is 4.57 Å². The summed E-state index contributed by atoms with van der Waals surface area (Å²) in [7, 11) is 2.07. The summed E-state index contributed by atoms with van der Waals surface area (Å²) in [6, 6.07) is 8.34. The summed E-state index contributed by atoms with van der Waals surface area (Å²) in [5.74, 6) is 0. The van der Waals surface area contributed by atoms with Crippen molar-refractivity contribution in [2.75, 3.05) is 0 Å². The quantitative estimate of drug-likeness (QED) is 0.596. The maximum atomic E-state index is 3.89. The predicted molar refractivity (Wildman–Crippen MR) is 94.9 cm³/mol. The van der Waals surface area contributed by atoms with E-state index in [1.54, 1.807) is 6.08 Å². The summed E-state index contributed by atoms with van der Waals surface area (Å²) >= 11 is 0. The predicted octanol–water partition coefficient (Wildman–Crippen LogP) is 6.07. The monoisotopic (exact) mass is 269 g/mol. The first-order valence-corrected chi connectivity index (χ1v) is 7.28. The Morgan fingerprint density at radius 1 is 1.00 bits per heavy atom. The van der Waals surface area contributed by atoms with E-state index < -0.39 is 0 Å². The Labute approximate surface area is 123 Å². The van der Waals surface area contributed by atoms with Gasteiger partial charge in [0.2, 0.25) is 0 Å². The first-order chi connectivity index (χ1) is 9.79. The van der Waals surface area contributed by atoms with E-state index in [1.807, 2.05) is 39.8 Å². The van der Waals surface area contributed by atoms with Crippen molar-refractivity contribution in [1.29, 1.82) is 0 Å². The molecule has 0 N–H and O–H groups in total. The highest BCUT2D eigenvalue weighted by atomic mass is 14.9. The summed E-state index contributed by atoms with van der Waals surface area (Å²) in [5, 5.41) is 1.24. The molecule has 0 unspecified atom stereocenters. The number of hydrogen-bond acceptors (Lipinski definition) is 0. The highest BCUT2D eigenvalue weighted by molar-refractivity contribution is 5.93. The van der Waals surface area contributed by atoms with Gasteiger partial charge in [0.05, 0.1) is 0 Å². The van der Waals surface area contributed by atoms with Crippen molar-refractivity contribution in [3.8, 4) is 0 Å². The van der Waals surface area contributed by atoms with Crippen LogP contribution in [-0.2, 0) is 7.05 Å². The molecule has 1 aromatic carbocycles. The summed E-state index contributed by atoms with van der Waals surface area (Å²) in [6.45, 7) is 15.6. The zero-order chi connectivity index (χ0) is 15.5. The molecule has 0 spiro atoms. The lowest BCUT2D eigenvalue weighted by molar-refractivity contribution is 0.953. The average molecular weight is 269 g/mol. The largest absolute Gasteiger partial charge is 0.344 e. The second kappa shape index (κ2) is 9.85. The van der Waals surface area contributed by atoms with E-state index in [1.165, 1.54) is 16.5 Å². The van der Waals surface area contributed by atoms with Crippen LogP contribution in [0.25, 0.3) is 23.1 Å². The van der Waals surface area contributed by atoms with E-state index in [-0.39, 0.29) is 0 Å². The minimum atomic E-state index is 1.16. The molecule has 0 aliphatic rings. The molecule has 0 amide bonds. The second-order valence-electron chi connectivity index (χ2n) is 3.67. The molecule has 1 heterocycles. The molecule has 20 heavy (non-hydrogen) atoms. The molecule has 0 fully saturated rings. The fourth-order valence-corrected chi connectivity index (χ4v) is 2.02. The highest BCUT2D eigenvalue weighted by Gasteiger charge is 2.09. The van der Waals surface area contributed by atoms with Gasteiger partial charge in [0, 0.05) is 29.2 Å². The lowest BCUT2D eigenvalue weighted by Crippen LogP contribution is -1.90. The summed E-state index contributed by atoms with van der Waals surface area (Å²) in [4.78, 5) is 0. The van der Waals surface area contributed by atoms with Crippen LogP contribution in [0.2, 0.25) is 0 Å². The van der Waals surface area contributed by atoms with Gasteiger partial charge in [0.25, 0.3) is 0 Å². The van der Waals surface area contributed by atoms with E-state index >= 15 is 0 Å². The van der Waals surface area contributed by atoms with Crippen LogP contribution >= 0.6 is 0 Å². The molecule has 1 aromatic heterocycles. The molecular formula is C19H27N. The van der Waals surface area contributed by atoms with Gasteiger partial charge in [-0.2, -0.15) is 0 Å². The van der Waals surface area contributed by atoms with Crippen LogP contribution in [-0.4, -0.2) is 4.57 Å². The van der Waals surface area contributed by atoms with Crippen LogP contribution in [0.1, 0.15) is 39.0 Å². The Kier molecular flexibility index (Phi) is 8.86. The minimum absolute atomic E-state index is 1.16. The van der Waals surface area contributed by atoms with Crippen LogP contribution < -0.4 is 0 Å². The number of aryl methyl sites for hydroxylation is 1. The Balaban J connectivity index is 0.000000829. The van der Waals surface area contributed by atoms with Crippen molar-refractivity contribution < 1.29 is 0 Å². The van der Waals surface area contributed by atoms with E-state index in [4.69, 9.17) is 0 Å². The molecule has 0 saturated carbocycles. The van der Waals surface area contributed by atoms with Crippen molar-refractivity contribution in [3.63, 3.8) is 0 Å². The average Bonchev–Trinajstić information content (AvgIpc) is 2.81. The normalized spacial score (nSPS) is 9.45. The van der Waals surface area contributed by atoms with Gasteiger partial charge >= 0.3 is 0 Å². The van der Waals surface area contributed by atoms with Gasteiger partial charge in [-0.1, -0.05) is 77.3 Å². The van der Waals surface area contributed by atoms with Gasteiger partial charge in [-0.3, -0.25) is 0 Å². The molecule has 108 valence electrons. The number of fused-ring (bicyclic) bond motifs is 1. The van der Waals surface area contributed by atoms with Crippen molar-refractivity contribution >= 4 is 23.1 Å². The molecule has 0 saturated heterocycles. The van der Waals surface area contributed by atoms with Crippen molar-refractivity contribution in [3.05, 3.63) is 60.8 Å². The molecule has 2 rings (SSSR count). The third-order valence-electron chi connectivity index (χ3n) is 2.79. The SMILES string of the molecule is C=C/C=C\c1c(C=C)c2ccccc2n1C.CC.CC. The lowest BCUT2D eigenvalue weighted by atomic mass is 10.1. The summed E-state index contributed by atoms with van der Waals surface area (Å²) in [5.41, 5.74) is 3.56. The zero-order valence-electron chi connectivity index (χ0n) is 13.5. The van der Waals surface area contributed by atoms with E-state index in [0.717, 1.165) is 5.69 Å². The highest BCUT2D eigenvalue weighted by Crippen LogP contribution is 2.27. The number of hydrogen-bond donors (Lipinski definition) is 0. The second-order valence-corrected chi connectivity index (χ2v) is 3.67.